The van der Waals surface area contributed by atoms with Gasteiger partial charge in [0.05, 0.1) is 0 Å². The number of aliphatic hydroxyl groups is 1. The molecule has 0 spiro atoms. The third kappa shape index (κ3) is 3.62. The fraction of sp³-hybridized carbons (Fsp3) is 0.429. The van der Waals surface area contributed by atoms with Crippen LogP contribution in [0.2, 0.25) is 0 Å². The van der Waals surface area contributed by atoms with Crippen molar-refractivity contribution < 1.29 is 5.11 Å². The third-order valence-electron chi connectivity index (χ3n) is 0.883. The first-order chi connectivity index (χ1) is 4.00. The van der Waals surface area contributed by atoms with E-state index in [1.165, 1.54) is 12.8 Å². The standard InChI is InChI=1S/C6H8.CH4O/c1-2-4-6-5-3-1;1-2/h1-4H,5-6H2;2H,1H3. The van der Waals surface area contributed by atoms with E-state index in [9.17, 15) is 0 Å². The predicted octanol–water partition coefficient (Wildman–Crippen LogP) is 1.50. The van der Waals surface area contributed by atoms with E-state index in [4.69, 9.17) is 5.11 Å². The van der Waals surface area contributed by atoms with Gasteiger partial charge in [-0.2, -0.15) is 0 Å². The average molecular weight is 112 g/mol. The highest BCUT2D eigenvalue weighted by Crippen LogP contribution is 1.98. The van der Waals surface area contributed by atoms with Crippen molar-refractivity contribution in [3.05, 3.63) is 24.3 Å². The van der Waals surface area contributed by atoms with Crippen LogP contribution in [0.3, 0.4) is 0 Å². The number of rotatable bonds is 0. The molecule has 0 radical (unpaired) electrons. The van der Waals surface area contributed by atoms with Crippen LogP contribution in [0.4, 0.5) is 0 Å². The summed E-state index contributed by atoms with van der Waals surface area (Å²) < 4.78 is 0. The van der Waals surface area contributed by atoms with Crippen LogP contribution in [0.15, 0.2) is 24.3 Å². The maximum Gasteiger partial charge on any atom is 0.0319 e. The van der Waals surface area contributed by atoms with Crippen molar-refractivity contribution in [2.45, 2.75) is 12.8 Å². The Balaban J connectivity index is 0.000000222. The summed E-state index contributed by atoms with van der Waals surface area (Å²) in [7, 11) is 1.00. The number of hydrogen-bond donors (Lipinski definition) is 1. The SMILES string of the molecule is C1=CCCC=C1.CO. The second-order valence-electron chi connectivity index (χ2n) is 1.43. The van der Waals surface area contributed by atoms with Gasteiger partial charge in [-0.1, -0.05) is 24.3 Å². The molecular formula is C7H12O. The molecular weight excluding hydrogens is 100 g/mol. The minimum Gasteiger partial charge on any atom is -0.400 e. The van der Waals surface area contributed by atoms with Crippen LogP contribution in [-0.2, 0) is 0 Å². The van der Waals surface area contributed by atoms with Crippen LogP contribution in [-0.4, -0.2) is 12.2 Å². The lowest BCUT2D eigenvalue weighted by atomic mass is 10.2. The molecule has 0 aromatic heterocycles. The van der Waals surface area contributed by atoms with E-state index in [-0.39, 0.29) is 0 Å². The molecule has 0 heterocycles. The molecule has 1 heteroatoms. The second kappa shape index (κ2) is 6.44. The van der Waals surface area contributed by atoms with Crippen molar-refractivity contribution in [2.24, 2.45) is 0 Å². The summed E-state index contributed by atoms with van der Waals surface area (Å²) in [5.41, 5.74) is 0. The fourth-order valence-corrected chi connectivity index (χ4v) is 0.542. The summed E-state index contributed by atoms with van der Waals surface area (Å²) in [5.74, 6) is 0. The third-order valence-corrected chi connectivity index (χ3v) is 0.883. The van der Waals surface area contributed by atoms with Gasteiger partial charge in [-0.25, -0.2) is 0 Å². The normalized spacial score (nSPS) is 14.8. The maximum absolute atomic E-state index is 7.00. The Morgan fingerprint density at radius 2 is 1.38 bits per heavy atom. The van der Waals surface area contributed by atoms with Gasteiger partial charge in [0.15, 0.2) is 0 Å². The number of aliphatic hydroxyl groups excluding tert-OH is 1. The Bertz CT molecular complexity index is 70.4. The largest absolute Gasteiger partial charge is 0.400 e. The second-order valence-corrected chi connectivity index (χ2v) is 1.43. The molecule has 46 valence electrons. The monoisotopic (exact) mass is 112 g/mol. The Morgan fingerprint density at radius 3 is 1.50 bits per heavy atom. The van der Waals surface area contributed by atoms with E-state index in [0.29, 0.717) is 0 Å². The van der Waals surface area contributed by atoms with E-state index in [1.807, 2.05) is 0 Å². The van der Waals surface area contributed by atoms with Gasteiger partial charge in [-0.15, -0.1) is 0 Å². The molecule has 0 unspecified atom stereocenters. The summed E-state index contributed by atoms with van der Waals surface area (Å²) in [4.78, 5) is 0. The lowest BCUT2D eigenvalue weighted by molar-refractivity contribution is 0.399. The van der Waals surface area contributed by atoms with Gasteiger partial charge in [-0.05, 0) is 12.8 Å². The molecule has 1 aliphatic carbocycles. The predicted molar refractivity (Wildman–Crippen MR) is 35.7 cm³/mol. The fourth-order valence-electron chi connectivity index (χ4n) is 0.542. The van der Waals surface area contributed by atoms with Crippen LogP contribution in [0, 0.1) is 0 Å². The first-order valence-electron chi connectivity index (χ1n) is 2.76. The van der Waals surface area contributed by atoms with E-state index < -0.39 is 0 Å². The molecule has 0 aromatic rings. The van der Waals surface area contributed by atoms with Gasteiger partial charge in [0.1, 0.15) is 0 Å². The minimum absolute atomic E-state index is 1.00. The molecule has 1 rings (SSSR count). The number of hydrogen-bond acceptors (Lipinski definition) is 1. The van der Waals surface area contributed by atoms with E-state index in [0.717, 1.165) is 7.11 Å². The molecule has 1 N–H and O–H groups in total. The van der Waals surface area contributed by atoms with Gasteiger partial charge >= 0.3 is 0 Å². The molecule has 1 aliphatic rings. The summed E-state index contributed by atoms with van der Waals surface area (Å²) in [5, 5.41) is 7.00. The zero-order chi connectivity index (χ0) is 6.24. The Labute approximate surface area is 50.3 Å². The molecule has 0 bridgehead atoms. The summed E-state index contributed by atoms with van der Waals surface area (Å²) in [6.45, 7) is 0. The van der Waals surface area contributed by atoms with E-state index in [2.05, 4.69) is 24.3 Å². The summed E-state index contributed by atoms with van der Waals surface area (Å²) in [6, 6.07) is 0. The topological polar surface area (TPSA) is 20.2 Å². The highest BCUT2D eigenvalue weighted by Gasteiger charge is 1.77. The molecule has 1 nitrogen and oxygen atoms in total. The highest BCUT2D eigenvalue weighted by molar-refractivity contribution is 5.07. The zero-order valence-corrected chi connectivity index (χ0v) is 5.17. The number of allylic oxidation sites excluding steroid dienone is 4. The maximum atomic E-state index is 7.00. The quantitative estimate of drug-likeness (QED) is 0.503. The Morgan fingerprint density at radius 1 is 1.00 bits per heavy atom. The van der Waals surface area contributed by atoms with Crippen molar-refractivity contribution in [2.75, 3.05) is 7.11 Å². The van der Waals surface area contributed by atoms with Crippen LogP contribution in [0.25, 0.3) is 0 Å². The van der Waals surface area contributed by atoms with Gasteiger partial charge < -0.3 is 5.11 Å². The molecule has 8 heavy (non-hydrogen) atoms. The lowest BCUT2D eigenvalue weighted by Crippen LogP contribution is -1.67. The first kappa shape index (κ1) is 7.44. The minimum atomic E-state index is 1.00. The molecule has 0 amide bonds. The van der Waals surface area contributed by atoms with E-state index in [1.54, 1.807) is 0 Å². The van der Waals surface area contributed by atoms with Gasteiger partial charge in [0.2, 0.25) is 0 Å². The van der Waals surface area contributed by atoms with Crippen LogP contribution in [0.5, 0.6) is 0 Å². The summed E-state index contributed by atoms with van der Waals surface area (Å²) >= 11 is 0. The average Bonchev–Trinajstić information content (AvgIpc) is 1.96. The van der Waals surface area contributed by atoms with Crippen molar-refractivity contribution in [1.29, 1.82) is 0 Å². The summed E-state index contributed by atoms with van der Waals surface area (Å²) in [6.07, 6.45) is 11.0. The van der Waals surface area contributed by atoms with Crippen LogP contribution < -0.4 is 0 Å². The molecule has 0 fully saturated rings. The van der Waals surface area contributed by atoms with Gasteiger partial charge in [-0.3, -0.25) is 0 Å². The Kier molecular flexibility index (Phi) is 5.99. The zero-order valence-electron chi connectivity index (χ0n) is 5.17. The van der Waals surface area contributed by atoms with Gasteiger partial charge in [0.25, 0.3) is 0 Å². The van der Waals surface area contributed by atoms with Crippen molar-refractivity contribution >= 4 is 0 Å². The molecule has 0 saturated heterocycles. The first-order valence-corrected chi connectivity index (χ1v) is 2.76. The van der Waals surface area contributed by atoms with Gasteiger partial charge in [0, 0.05) is 7.11 Å². The molecule has 0 atom stereocenters. The molecule has 0 aliphatic heterocycles. The van der Waals surface area contributed by atoms with Crippen molar-refractivity contribution in [3.63, 3.8) is 0 Å². The smallest absolute Gasteiger partial charge is 0.0319 e. The van der Waals surface area contributed by atoms with E-state index >= 15 is 0 Å². The molecule has 0 saturated carbocycles. The van der Waals surface area contributed by atoms with Crippen LogP contribution in [0.1, 0.15) is 12.8 Å². The molecule has 0 aromatic carbocycles. The Hall–Kier alpha value is -0.560. The highest BCUT2D eigenvalue weighted by atomic mass is 16.2. The van der Waals surface area contributed by atoms with Crippen molar-refractivity contribution in [1.82, 2.24) is 0 Å². The van der Waals surface area contributed by atoms with Crippen molar-refractivity contribution in [3.8, 4) is 0 Å². The lowest BCUT2D eigenvalue weighted by Gasteiger charge is -1.88. The van der Waals surface area contributed by atoms with Crippen LogP contribution >= 0.6 is 0 Å².